The normalized spacial score (nSPS) is 12.2. The van der Waals surface area contributed by atoms with Gasteiger partial charge in [0.25, 0.3) is 5.91 Å². The summed E-state index contributed by atoms with van der Waals surface area (Å²) in [6.07, 6.45) is 1.88. The average molecular weight is 357 g/mol. The lowest BCUT2D eigenvalue weighted by atomic mass is 10.0. The second-order valence-corrected chi connectivity index (χ2v) is 6.18. The molecule has 6 nitrogen and oxygen atoms in total. The van der Waals surface area contributed by atoms with Crippen molar-refractivity contribution >= 4 is 29.0 Å². The molecule has 0 aliphatic carbocycles. The first kappa shape index (κ1) is 16.7. The van der Waals surface area contributed by atoms with Crippen LogP contribution in [-0.4, -0.2) is 22.6 Å². The number of pyridine rings is 1. The van der Waals surface area contributed by atoms with Crippen molar-refractivity contribution in [1.82, 2.24) is 4.98 Å². The van der Waals surface area contributed by atoms with E-state index in [0.29, 0.717) is 34.6 Å². The third-order valence-electron chi connectivity index (χ3n) is 4.28. The first-order chi connectivity index (χ1) is 13.1. The van der Waals surface area contributed by atoms with Crippen molar-refractivity contribution in [2.45, 2.75) is 6.42 Å². The molecular formula is C21H15N3O3. The van der Waals surface area contributed by atoms with E-state index in [2.05, 4.69) is 15.6 Å². The summed E-state index contributed by atoms with van der Waals surface area (Å²) in [5.74, 6) is -0.609. The SMILES string of the molecule is O=C1Cc2ccc(C(=O)c3cccc(NC(=O)c4ccccn4)c3)cc2N1. The van der Waals surface area contributed by atoms with Crippen LogP contribution in [0.2, 0.25) is 0 Å². The Morgan fingerprint density at radius 3 is 2.63 bits per heavy atom. The minimum absolute atomic E-state index is 0.0752. The monoisotopic (exact) mass is 357 g/mol. The molecule has 0 atom stereocenters. The van der Waals surface area contributed by atoms with Crippen molar-refractivity contribution in [2.24, 2.45) is 0 Å². The van der Waals surface area contributed by atoms with Gasteiger partial charge in [-0.05, 0) is 35.9 Å². The molecular weight excluding hydrogens is 342 g/mol. The summed E-state index contributed by atoms with van der Waals surface area (Å²) in [5.41, 5.74) is 3.27. The highest BCUT2D eigenvalue weighted by Crippen LogP contribution is 2.25. The van der Waals surface area contributed by atoms with Gasteiger partial charge in [-0.25, -0.2) is 0 Å². The molecule has 2 amide bonds. The van der Waals surface area contributed by atoms with Crippen LogP contribution >= 0.6 is 0 Å². The largest absolute Gasteiger partial charge is 0.326 e. The summed E-state index contributed by atoms with van der Waals surface area (Å²) >= 11 is 0. The zero-order valence-corrected chi connectivity index (χ0v) is 14.2. The highest BCUT2D eigenvalue weighted by atomic mass is 16.2. The van der Waals surface area contributed by atoms with Crippen LogP contribution in [0.4, 0.5) is 11.4 Å². The van der Waals surface area contributed by atoms with Gasteiger partial charge < -0.3 is 10.6 Å². The van der Waals surface area contributed by atoms with Crippen LogP contribution in [0.5, 0.6) is 0 Å². The number of amides is 2. The highest BCUT2D eigenvalue weighted by Gasteiger charge is 2.20. The molecule has 0 radical (unpaired) electrons. The molecule has 0 bridgehead atoms. The van der Waals surface area contributed by atoms with Crippen molar-refractivity contribution in [2.75, 3.05) is 10.6 Å². The van der Waals surface area contributed by atoms with Crippen molar-refractivity contribution in [3.05, 3.63) is 89.2 Å². The van der Waals surface area contributed by atoms with E-state index in [0.717, 1.165) is 5.56 Å². The van der Waals surface area contributed by atoms with Gasteiger partial charge in [0.2, 0.25) is 5.91 Å². The van der Waals surface area contributed by atoms with E-state index in [1.54, 1.807) is 66.9 Å². The van der Waals surface area contributed by atoms with Crippen LogP contribution in [0.25, 0.3) is 0 Å². The Kier molecular flexibility index (Phi) is 4.22. The van der Waals surface area contributed by atoms with E-state index in [1.165, 1.54) is 0 Å². The predicted octanol–water partition coefficient (Wildman–Crippen LogP) is 3.06. The summed E-state index contributed by atoms with van der Waals surface area (Å²) in [4.78, 5) is 40.5. The van der Waals surface area contributed by atoms with Gasteiger partial charge in [0.05, 0.1) is 6.42 Å². The number of ketones is 1. The van der Waals surface area contributed by atoms with Gasteiger partial charge in [-0.2, -0.15) is 0 Å². The number of fused-ring (bicyclic) bond motifs is 1. The molecule has 132 valence electrons. The molecule has 1 aliphatic rings. The van der Waals surface area contributed by atoms with Crippen molar-refractivity contribution in [3.63, 3.8) is 0 Å². The summed E-state index contributed by atoms with van der Waals surface area (Å²) in [6.45, 7) is 0. The average Bonchev–Trinajstić information content (AvgIpc) is 3.07. The molecule has 3 aromatic rings. The van der Waals surface area contributed by atoms with E-state index < -0.39 is 0 Å². The highest BCUT2D eigenvalue weighted by molar-refractivity contribution is 6.11. The van der Waals surface area contributed by atoms with Crippen LogP contribution in [0.3, 0.4) is 0 Å². The third kappa shape index (κ3) is 3.46. The minimum Gasteiger partial charge on any atom is -0.326 e. The number of nitrogens with zero attached hydrogens (tertiary/aromatic N) is 1. The van der Waals surface area contributed by atoms with Gasteiger partial charge in [-0.15, -0.1) is 0 Å². The second kappa shape index (κ2) is 6.84. The fourth-order valence-corrected chi connectivity index (χ4v) is 2.95. The van der Waals surface area contributed by atoms with Gasteiger partial charge in [0, 0.05) is 28.7 Å². The van der Waals surface area contributed by atoms with E-state index in [-0.39, 0.29) is 17.6 Å². The molecule has 2 heterocycles. The second-order valence-electron chi connectivity index (χ2n) is 6.18. The Morgan fingerprint density at radius 2 is 1.81 bits per heavy atom. The van der Waals surface area contributed by atoms with E-state index >= 15 is 0 Å². The Balaban J connectivity index is 1.56. The van der Waals surface area contributed by atoms with Gasteiger partial charge in [-0.1, -0.05) is 30.3 Å². The number of rotatable bonds is 4. The lowest BCUT2D eigenvalue weighted by molar-refractivity contribution is -0.115. The molecule has 0 unspecified atom stereocenters. The molecule has 0 saturated heterocycles. The summed E-state index contributed by atoms with van der Waals surface area (Å²) in [5, 5.41) is 5.49. The minimum atomic E-state index is -0.347. The number of carbonyl (C=O) groups excluding carboxylic acids is 3. The molecule has 6 heteroatoms. The molecule has 1 aliphatic heterocycles. The fraction of sp³-hybridized carbons (Fsp3) is 0.0476. The Morgan fingerprint density at radius 1 is 0.963 bits per heavy atom. The smallest absolute Gasteiger partial charge is 0.274 e. The number of nitrogens with one attached hydrogen (secondary N) is 2. The number of benzene rings is 2. The quantitative estimate of drug-likeness (QED) is 0.703. The van der Waals surface area contributed by atoms with E-state index in [9.17, 15) is 14.4 Å². The summed E-state index contributed by atoms with van der Waals surface area (Å²) in [7, 11) is 0. The third-order valence-corrected chi connectivity index (χ3v) is 4.28. The first-order valence-electron chi connectivity index (χ1n) is 8.40. The van der Waals surface area contributed by atoms with Crippen molar-refractivity contribution in [3.8, 4) is 0 Å². The number of hydrogen-bond donors (Lipinski definition) is 2. The number of aromatic nitrogens is 1. The van der Waals surface area contributed by atoms with E-state index in [1.807, 2.05) is 0 Å². The lowest BCUT2D eigenvalue weighted by Crippen LogP contribution is -2.13. The molecule has 27 heavy (non-hydrogen) atoms. The maximum absolute atomic E-state index is 12.8. The molecule has 2 N–H and O–H groups in total. The van der Waals surface area contributed by atoms with Crippen LogP contribution in [-0.2, 0) is 11.2 Å². The molecule has 2 aromatic carbocycles. The summed E-state index contributed by atoms with van der Waals surface area (Å²) in [6, 6.07) is 17.0. The molecule has 0 saturated carbocycles. The number of hydrogen-bond acceptors (Lipinski definition) is 4. The zero-order valence-electron chi connectivity index (χ0n) is 14.2. The predicted molar refractivity (Wildman–Crippen MR) is 101 cm³/mol. The molecule has 0 fully saturated rings. The lowest BCUT2D eigenvalue weighted by Gasteiger charge is -2.08. The standard InChI is InChI=1S/C21H15N3O3/c25-19-12-13-7-8-15(11-18(13)24-19)20(26)14-4-3-5-16(10-14)23-21(27)17-6-1-2-9-22-17/h1-11H,12H2,(H,23,27)(H,24,25). The van der Waals surface area contributed by atoms with Crippen molar-refractivity contribution in [1.29, 1.82) is 0 Å². The van der Waals surface area contributed by atoms with Gasteiger partial charge in [0.15, 0.2) is 5.78 Å². The van der Waals surface area contributed by atoms with Crippen LogP contribution < -0.4 is 10.6 Å². The number of anilines is 2. The van der Waals surface area contributed by atoms with Gasteiger partial charge >= 0.3 is 0 Å². The van der Waals surface area contributed by atoms with Gasteiger partial charge in [0.1, 0.15) is 5.69 Å². The maximum atomic E-state index is 12.8. The summed E-state index contributed by atoms with van der Waals surface area (Å²) < 4.78 is 0. The molecule has 1 aromatic heterocycles. The maximum Gasteiger partial charge on any atom is 0.274 e. The van der Waals surface area contributed by atoms with Crippen LogP contribution in [0, 0.1) is 0 Å². The topological polar surface area (TPSA) is 88.2 Å². The number of carbonyl (C=O) groups is 3. The van der Waals surface area contributed by atoms with Crippen LogP contribution in [0.1, 0.15) is 32.0 Å². The molecule has 4 rings (SSSR count). The Labute approximate surface area is 155 Å². The van der Waals surface area contributed by atoms with Crippen molar-refractivity contribution < 1.29 is 14.4 Å². The van der Waals surface area contributed by atoms with Gasteiger partial charge in [-0.3, -0.25) is 19.4 Å². The fourth-order valence-electron chi connectivity index (χ4n) is 2.95. The van der Waals surface area contributed by atoms with E-state index in [4.69, 9.17) is 0 Å². The van der Waals surface area contributed by atoms with Crippen LogP contribution in [0.15, 0.2) is 66.9 Å². The Bertz CT molecular complexity index is 1060. The molecule has 0 spiro atoms. The first-order valence-corrected chi connectivity index (χ1v) is 8.40. The Hall–Kier alpha value is -3.80. The zero-order chi connectivity index (χ0) is 18.8.